The highest BCUT2D eigenvalue weighted by molar-refractivity contribution is 5.62. The van der Waals surface area contributed by atoms with E-state index in [0.717, 1.165) is 29.8 Å². The van der Waals surface area contributed by atoms with E-state index in [1.165, 1.54) is 5.56 Å². The summed E-state index contributed by atoms with van der Waals surface area (Å²) in [5.74, 6) is 0. The highest BCUT2D eigenvalue weighted by atomic mass is 16.7. The van der Waals surface area contributed by atoms with Gasteiger partial charge in [0.2, 0.25) is 0 Å². The predicted octanol–water partition coefficient (Wildman–Crippen LogP) is 3.72. The van der Waals surface area contributed by atoms with Gasteiger partial charge >= 0.3 is 0 Å². The first-order valence-electron chi connectivity index (χ1n) is 8.09. The number of fused-ring (bicyclic) bond motifs is 5. The van der Waals surface area contributed by atoms with Crippen molar-refractivity contribution in [1.29, 1.82) is 0 Å². The van der Waals surface area contributed by atoms with Crippen molar-refractivity contribution in [3.05, 3.63) is 69.3 Å². The van der Waals surface area contributed by atoms with E-state index in [0.29, 0.717) is 6.61 Å². The Balaban J connectivity index is 1.81. The summed E-state index contributed by atoms with van der Waals surface area (Å²) in [7, 11) is 0. The minimum absolute atomic E-state index is 0.0536. The third-order valence-corrected chi connectivity index (χ3v) is 4.58. The molecule has 6 heteroatoms. The molecule has 6 nitrogen and oxygen atoms in total. The Kier molecular flexibility index (Phi) is 3.70. The number of hydrogen-bond donors (Lipinski definition) is 0. The Morgan fingerprint density at radius 1 is 1.29 bits per heavy atom. The molecule has 0 spiro atoms. The fraction of sp³-hybridized carbons (Fsp3) is 0.333. The van der Waals surface area contributed by atoms with Gasteiger partial charge in [0.25, 0.3) is 5.69 Å². The van der Waals surface area contributed by atoms with Crippen molar-refractivity contribution in [3.8, 4) is 0 Å². The number of hydrogen-bond acceptors (Lipinski definition) is 5. The molecule has 0 aliphatic carbocycles. The minimum Gasteiger partial charge on any atom is -0.348 e. The van der Waals surface area contributed by atoms with Crippen LogP contribution >= 0.6 is 0 Å². The van der Waals surface area contributed by atoms with Gasteiger partial charge in [-0.2, -0.15) is 0 Å². The van der Waals surface area contributed by atoms with Crippen molar-refractivity contribution >= 4 is 11.4 Å². The monoisotopic (exact) mass is 326 g/mol. The molecule has 0 amide bonds. The van der Waals surface area contributed by atoms with Crippen molar-refractivity contribution in [2.24, 2.45) is 0 Å². The summed E-state index contributed by atoms with van der Waals surface area (Å²) in [6.45, 7) is 3.17. The number of non-ortho nitro benzene ring substituents is 1. The van der Waals surface area contributed by atoms with Gasteiger partial charge in [0.15, 0.2) is 12.5 Å². The van der Waals surface area contributed by atoms with Crippen LogP contribution in [0, 0.1) is 10.1 Å². The molecule has 2 aromatic rings. The summed E-state index contributed by atoms with van der Waals surface area (Å²) in [4.78, 5) is 12.9. The lowest BCUT2D eigenvalue weighted by Crippen LogP contribution is -2.41. The number of nitro groups is 1. The molecule has 2 aromatic carbocycles. The highest BCUT2D eigenvalue weighted by Crippen LogP contribution is 2.46. The van der Waals surface area contributed by atoms with Crippen molar-refractivity contribution < 1.29 is 14.4 Å². The Morgan fingerprint density at radius 3 is 2.92 bits per heavy atom. The lowest BCUT2D eigenvalue weighted by molar-refractivity contribution is -0.385. The van der Waals surface area contributed by atoms with E-state index in [1.54, 1.807) is 12.1 Å². The van der Waals surface area contributed by atoms with Gasteiger partial charge in [-0.25, -0.2) is 0 Å². The fourth-order valence-corrected chi connectivity index (χ4v) is 3.50. The molecule has 2 aliphatic rings. The second-order valence-electron chi connectivity index (χ2n) is 5.92. The number of benzene rings is 2. The highest BCUT2D eigenvalue weighted by Gasteiger charge is 2.38. The lowest BCUT2D eigenvalue weighted by Gasteiger charge is -2.45. The van der Waals surface area contributed by atoms with Crippen LogP contribution in [0.1, 0.15) is 36.1 Å². The third-order valence-electron chi connectivity index (χ3n) is 4.58. The summed E-state index contributed by atoms with van der Waals surface area (Å²) < 4.78 is 11.9. The summed E-state index contributed by atoms with van der Waals surface area (Å²) in [5.41, 5.74) is 4.14. The molecule has 0 aromatic heterocycles. The molecule has 0 saturated heterocycles. The van der Waals surface area contributed by atoms with Gasteiger partial charge in [-0.05, 0) is 25.0 Å². The molecule has 0 N–H and O–H groups in total. The maximum Gasteiger partial charge on any atom is 0.270 e. The molecule has 0 radical (unpaired) electrons. The van der Waals surface area contributed by atoms with Crippen LogP contribution in [-0.4, -0.2) is 18.1 Å². The molecule has 24 heavy (non-hydrogen) atoms. The molecule has 124 valence electrons. The Hall–Kier alpha value is -2.44. The Morgan fingerprint density at radius 2 is 2.12 bits per heavy atom. The summed E-state index contributed by atoms with van der Waals surface area (Å²) in [6, 6.07) is 13.2. The topological polar surface area (TPSA) is 64.8 Å². The van der Waals surface area contributed by atoms with Crippen LogP contribution in [0.5, 0.6) is 0 Å². The first-order valence-corrected chi connectivity index (χ1v) is 8.09. The van der Waals surface area contributed by atoms with Crippen LogP contribution in [0.25, 0.3) is 0 Å². The van der Waals surface area contributed by atoms with Crippen molar-refractivity contribution in [3.63, 3.8) is 0 Å². The van der Waals surface area contributed by atoms with Crippen molar-refractivity contribution in [2.75, 3.05) is 18.1 Å². The van der Waals surface area contributed by atoms with Gasteiger partial charge < -0.3 is 14.4 Å². The maximum absolute atomic E-state index is 11.1. The standard InChI is InChI=1S/C18H18N2O4/c1-2-23-18-15-11-13(20(21)22)7-8-16(15)19-10-9-12-5-3-4-6-14(12)17(19)24-18/h3-8,11,17-18H,2,9-10H2,1H3. The van der Waals surface area contributed by atoms with Crippen LogP contribution in [0.2, 0.25) is 0 Å². The molecule has 0 fully saturated rings. The van der Waals surface area contributed by atoms with E-state index in [2.05, 4.69) is 17.0 Å². The second-order valence-corrected chi connectivity index (χ2v) is 5.92. The zero-order valence-corrected chi connectivity index (χ0v) is 13.3. The molecule has 0 saturated carbocycles. The van der Waals surface area contributed by atoms with Crippen LogP contribution in [0.3, 0.4) is 0 Å². The van der Waals surface area contributed by atoms with Crippen LogP contribution in [0.4, 0.5) is 11.4 Å². The smallest absolute Gasteiger partial charge is 0.270 e. The van der Waals surface area contributed by atoms with Crippen molar-refractivity contribution in [2.45, 2.75) is 25.9 Å². The summed E-state index contributed by atoms with van der Waals surface area (Å²) in [6.07, 6.45) is 0.101. The quantitative estimate of drug-likeness (QED) is 0.635. The summed E-state index contributed by atoms with van der Waals surface area (Å²) in [5, 5.41) is 11.1. The lowest BCUT2D eigenvalue weighted by atomic mass is 9.95. The average Bonchev–Trinajstić information content (AvgIpc) is 2.61. The zero-order valence-electron chi connectivity index (χ0n) is 13.3. The predicted molar refractivity (Wildman–Crippen MR) is 88.8 cm³/mol. The number of nitrogens with zero attached hydrogens (tertiary/aromatic N) is 2. The number of anilines is 1. The molecular weight excluding hydrogens is 308 g/mol. The van der Waals surface area contributed by atoms with Gasteiger partial charge in [0, 0.05) is 42.1 Å². The van der Waals surface area contributed by atoms with E-state index in [-0.39, 0.29) is 16.8 Å². The van der Waals surface area contributed by atoms with Crippen LogP contribution in [-0.2, 0) is 15.9 Å². The normalized spacial score (nSPS) is 21.6. The molecule has 4 rings (SSSR count). The minimum atomic E-state index is -0.600. The van der Waals surface area contributed by atoms with Crippen LogP contribution < -0.4 is 4.90 Å². The SMILES string of the molecule is CCOC1OC2c3ccccc3CCN2c2ccc([N+](=O)[O-])cc21. The molecule has 2 atom stereocenters. The largest absolute Gasteiger partial charge is 0.348 e. The van der Waals surface area contributed by atoms with E-state index >= 15 is 0 Å². The van der Waals surface area contributed by atoms with E-state index in [1.807, 2.05) is 25.1 Å². The van der Waals surface area contributed by atoms with E-state index in [9.17, 15) is 10.1 Å². The summed E-state index contributed by atoms with van der Waals surface area (Å²) >= 11 is 0. The molecule has 2 heterocycles. The average molecular weight is 326 g/mol. The van der Waals surface area contributed by atoms with Gasteiger partial charge in [-0.3, -0.25) is 10.1 Å². The first-order chi connectivity index (χ1) is 11.7. The van der Waals surface area contributed by atoms with Gasteiger partial charge in [0.1, 0.15) is 0 Å². The van der Waals surface area contributed by atoms with Gasteiger partial charge in [0.05, 0.1) is 4.92 Å². The zero-order chi connectivity index (χ0) is 16.7. The van der Waals surface area contributed by atoms with Gasteiger partial charge in [-0.1, -0.05) is 24.3 Å². The fourth-order valence-electron chi connectivity index (χ4n) is 3.50. The first kappa shape index (κ1) is 15.1. The molecule has 2 aliphatic heterocycles. The third kappa shape index (κ3) is 2.35. The van der Waals surface area contributed by atoms with E-state index < -0.39 is 6.29 Å². The number of nitro benzene ring substituents is 1. The van der Waals surface area contributed by atoms with Gasteiger partial charge in [-0.15, -0.1) is 0 Å². The molecule has 2 unspecified atom stereocenters. The van der Waals surface area contributed by atoms with Crippen LogP contribution in [0.15, 0.2) is 42.5 Å². The Labute approximate surface area is 139 Å². The maximum atomic E-state index is 11.1. The van der Waals surface area contributed by atoms with E-state index in [4.69, 9.17) is 9.47 Å². The second kappa shape index (κ2) is 5.89. The van der Waals surface area contributed by atoms with Crippen molar-refractivity contribution in [1.82, 2.24) is 0 Å². The number of ether oxygens (including phenoxy) is 2. The molecule has 0 bridgehead atoms. The molecular formula is C18H18N2O4. The number of rotatable bonds is 3. The Bertz CT molecular complexity index is 792.